The van der Waals surface area contributed by atoms with Gasteiger partial charge in [0.1, 0.15) is 0 Å². The Morgan fingerprint density at radius 3 is 2.52 bits per heavy atom. The summed E-state index contributed by atoms with van der Waals surface area (Å²) in [6, 6.07) is 12.5. The van der Waals surface area contributed by atoms with Crippen LogP contribution in [0.15, 0.2) is 58.7 Å². The molecule has 21 heavy (non-hydrogen) atoms. The van der Waals surface area contributed by atoms with E-state index < -0.39 is 9.84 Å². The van der Waals surface area contributed by atoms with Crippen molar-refractivity contribution >= 4 is 20.7 Å². The van der Waals surface area contributed by atoms with E-state index in [0.717, 1.165) is 10.9 Å². The van der Waals surface area contributed by atoms with Gasteiger partial charge in [-0.2, -0.15) is 0 Å². The molecule has 0 bridgehead atoms. The van der Waals surface area contributed by atoms with Crippen molar-refractivity contribution in [3.8, 4) is 0 Å². The Labute approximate surface area is 123 Å². The molecule has 0 aliphatic rings. The summed E-state index contributed by atoms with van der Waals surface area (Å²) in [6.07, 6.45) is 1.54. The third kappa shape index (κ3) is 2.40. The van der Waals surface area contributed by atoms with Gasteiger partial charge in [0, 0.05) is 11.6 Å². The molecule has 5 heteroatoms. The smallest absolute Gasteiger partial charge is 0.226 e. The van der Waals surface area contributed by atoms with Gasteiger partial charge in [0.15, 0.2) is 0 Å². The predicted octanol–water partition coefficient (Wildman–Crippen LogP) is 3.08. The maximum absolute atomic E-state index is 12.7. The molecule has 0 aliphatic heterocycles. The summed E-state index contributed by atoms with van der Waals surface area (Å²) in [6.45, 7) is 3.71. The molecule has 2 aromatic carbocycles. The van der Waals surface area contributed by atoms with Crippen molar-refractivity contribution < 1.29 is 8.42 Å². The molecule has 0 spiro atoms. The van der Waals surface area contributed by atoms with Crippen LogP contribution in [0.1, 0.15) is 11.1 Å². The third-order valence-electron chi connectivity index (χ3n) is 3.33. The summed E-state index contributed by atoms with van der Waals surface area (Å²) in [5.41, 5.74) is 2.34. The summed E-state index contributed by atoms with van der Waals surface area (Å²) in [5.74, 6) is 0. The fourth-order valence-corrected chi connectivity index (χ4v) is 3.62. The largest absolute Gasteiger partial charge is 0.252 e. The van der Waals surface area contributed by atoms with Crippen LogP contribution in [0.4, 0.5) is 0 Å². The van der Waals surface area contributed by atoms with Crippen LogP contribution in [0.5, 0.6) is 0 Å². The second-order valence-corrected chi connectivity index (χ2v) is 6.80. The van der Waals surface area contributed by atoms with Crippen LogP contribution in [0.25, 0.3) is 10.9 Å². The van der Waals surface area contributed by atoms with Crippen LogP contribution in [0.2, 0.25) is 0 Å². The lowest BCUT2D eigenvalue weighted by Gasteiger charge is -2.08. The van der Waals surface area contributed by atoms with Crippen molar-refractivity contribution in [3.05, 3.63) is 59.8 Å². The molecule has 0 N–H and O–H groups in total. The van der Waals surface area contributed by atoms with Crippen molar-refractivity contribution in [2.45, 2.75) is 23.9 Å². The van der Waals surface area contributed by atoms with Crippen LogP contribution in [0.3, 0.4) is 0 Å². The van der Waals surface area contributed by atoms with E-state index in [1.807, 2.05) is 31.2 Å². The highest BCUT2D eigenvalue weighted by Crippen LogP contribution is 2.23. The monoisotopic (exact) mass is 298 g/mol. The average Bonchev–Trinajstić information content (AvgIpc) is 2.46. The van der Waals surface area contributed by atoms with Crippen LogP contribution in [-0.2, 0) is 9.84 Å². The fourth-order valence-electron chi connectivity index (χ4n) is 2.28. The Bertz CT molecular complexity index is 934. The number of benzene rings is 2. The Kier molecular flexibility index (Phi) is 3.22. The van der Waals surface area contributed by atoms with Crippen molar-refractivity contribution in [2.24, 2.45) is 0 Å². The molecule has 0 fully saturated rings. The number of para-hydroxylation sites is 1. The minimum Gasteiger partial charge on any atom is -0.226 e. The first-order valence-corrected chi connectivity index (χ1v) is 8.01. The van der Waals surface area contributed by atoms with Gasteiger partial charge in [-0.15, -0.1) is 0 Å². The highest BCUT2D eigenvalue weighted by Gasteiger charge is 2.23. The zero-order valence-corrected chi connectivity index (χ0v) is 12.6. The van der Waals surface area contributed by atoms with E-state index in [0.29, 0.717) is 11.1 Å². The number of fused-ring (bicyclic) bond motifs is 1. The molecule has 106 valence electrons. The molecule has 1 aromatic heterocycles. The first-order valence-electron chi connectivity index (χ1n) is 6.52. The first-order chi connectivity index (χ1) is 9.98. The summed E-state index contributed by atoms with van der Waals surface area (Å²) in [7, 11) is -3.70. The zero-order chi connectivity index (χ0) is 15.0. The summed E-state index contributed by atoms with van der Waals surface area (Å²) in [5, 5.41) is 0.658. The van der Waals surface area contributed by atoms with E-state index in [1.54, 1.807) is 31.3 Å². The lowest BCUT2D eigenvalue weighted by atomic mass is 10.2. The molecule has 1 heterocycles. The standard InChI is InChI=1S/C16H14N2O2S/c1-11-7-8-15(12(2)9-11)21(19,20)16-17-10-13-5-3-4-6-14(13)18-16/h3-10H,1-2H3. The highest BCUT2D eigenvalue weighted by molar-refractivity contribution is 7.91. The summed E-state index contributed by atoms with van der Waals surface area (Å²) in [4.78, 5) is 8.46. The molecule has 0 saturated heterocycles. The van der Waals surface area contributed by atoms with E-state index in [4.69, 9.17) is 0 Å². The lowest BCUT2D eigenvalue weighted by molar-refractivity contribution is 0.587. The SMILES string of the molecule is Cc1ccc(S(=O)(=O)c2ncc3ccccc3n2)c(C)c1. The van der Waals surface area contributed by atoms with Crippen molar-refractivity contribution in [2.75, 3.05) is 0 Å². The van der Waals surface area contributed by atoms with Crippen LogP contribution in [0, 0.1) is 13.8 Å². The van der Waals surface area contributed by atoms with E-state index in [2.05, 4.69) is 9.97 Å². The maximum atomic E-state index is 12.7. The molecule has 0 atom stereocenters. The average molecular weight is 298 g/mol. The second kappa shape index (κ2) is 4.93. The molecule has 0 amide bonds. The molecule has 3 rings (SSSR count). The van der Waals surface area contributed by atoms with Crippen LogP contribution < -0.4 is 0 Å². The van der Waals surface area contributed by atoms with Gasteiger partial charge >= 0.3 is 0 Å². The minimum atomic E-state index is -3.70. The Morgan fingerprint density at radius 2 is 1.76 bits per heavy atom. The van der Waals surface area contributed by atoms with Gasteiger partial charge in [-0.05, 0) is 31.5 Å². The molecular weight excluding hydrogens is 284 g/mol. The van der Waals surface area contributed by atoms with Gasteiger partial charge in [-0.3, -0.25) is 0 Å². The quantitative estimate of drug-likeness (QED) is 0.682. The molecule has 0 saturated carbocycles. The number of hydrogen-bond acceptors (Lipinski definition) is 4. The molecule has 3 aromatic rings. The second-order valence-electron chi connectivity index (χ2n) is 4.98. The van der Waals surface area contributed by atoms with Crippen molar-refractivity contribution in [3.63, 3.8) is 0 Å². The number of sulfone groups is 1. The molecule has 0 unspecified atom stereocenters. The van der Waals surface area contributed by atoms with E-state index in [9.17, 15) is 8.42 Å². The van der Waals surface area contributed by atoms with Gasteiger partial charge in [0.05, 0.1) is 10.4 Å². The minimum absolute atomic E-state index is 0.159. The predicted molar refractivity (Wildman–Crippen MR) is 80.9 cm³/mol. The number of aryl methyl sites for hydroxylation is 2. The van der Waals surface area contributed by atoms with Crippen LogP contribution >= 0.6 is 0 Å². The van der Waals surface area contributed by atoms with Gasteiger partial charge in [-0.25, -0.2) is 18.4 Å². The fraction of sp³-hybridized carbons (Fsp3) is 0.125. The number of nitrogens with zero attached hydrogens (tertiary/aromatic N) is 2. The van der Waals surface area contributed by atoms with Gasteiger partial charge in [-0.1, -0.05) is 35.9 Å². The van der Waals surface area contributed by atoms with Gasteiger partial charge in [0.25, 0.3) is 5.16 Å². The third-order valence-corrected chi connectivity index (χ3v) is 5.04. The van der Waals surface area contributed by atoms with E-state index in [1.165, 1.54) is 0 Å². The Morgan fingerprint density at radius 1 is 1.00 bits per heavy atom. The lowest BCUT2D eigenvalue weighted by Crippen LogP contribution is -2.08. The molecule has 0 radical (unpaired) electrons. The summed E-state index contributed by atoms with van der Waals surface area (Å²) < 4.78 is 25.4. The van der Waals surface area contributed by atoms with Gasteiger partial charge < -0.3 is 0 Å². The van der Waals surface area contributed by atoms with E-state index >= 15 is 0 Å². The Balaban J connectivity index is 2.20. The van der Waals surface area contributed by atoms with Crippen molar-refractivity contribution in [1.29, 1.82) is 0 Å². The molecule has 4 nitrogen and oxygen atoms in total. The van der Waals surface area contributed by atoms with Crippen molar-refractivity contribution in [1.82, 2.24) is 9.97 Å². The topological polar surface area (TPSA) is 59.9 Å². The first kappa shape index (κ1) is 13.7. The number of rotatable bonds is 2. The molecule has 0 aliphatic carbocycles. The zero-order valence-electron chi connectivity index (χ0n) is 11.7. The highest BCUT2D eigenvalue weighted by atomic mass is 32.2. The maximum Gasteiger partial charge on any atom is 0.252 e. The number of aromatic nitrogens is 2. The Hall–Kier alpha value is -2.27. The normalized spacial score (nSPS) is 11.7. The van der Waals surface area contributed by atoms with E-state index in [-0.39, 0.29) is 10.1 Å². The number of hydrogen-bond donors (Lipinski definition) is 0. The summed E-state index contributed by atoms with van der Waals surface area (Å²) >= 11 is 0. The van der Waals surface area contributed by atoms with Crippen LogP contribution in [-0.4, -0.2) is 18.4 Å². The van der Waals surface area contributed by atoms with Gasteiger partial charge in [0.2, 0.25) is 9.84 Å². The molecular formula is C16H14N2O2S.